The molecule has 0 aliphatic rings. The van der Waals surface area contributed by atoms with E-state index >= 15 is 0 Å². The van der Waals surface area contributed by atoms with Gasteiger partial charge in [-0.3, -0.25) is 4.79 Å². The van der Waals surface area contributed by atoms with Crippen LogP contribution < -0.4 is 5.32 Å². The number of carbonyl (C=O) groups excluding carboxylic acids is 1. The van der Waals surface area contributed by atoms with E-state index in [0.717, 1.165) is 17.5 Å². The van der Waals surface area contributed by atoms with Crippen LogP contribution in [0.4, 0.5) is 0 Å². The number of carbonyl (C=O) groups is 2. The van der Waals surface area contributed by atoms with E-state index in [1.165, 1.54) is 5.56 Å². The van der Waals surface area contributed by atoms with E-state index in [1.807, 2.05) is 42.5 Å². The van der Waals surface area contributed by atoms with Crippen LogP contribution in [0.25, 0.3) is 0 Å². The lowest BCUT2D eigenvalue weighted by molar-refractivity contribution is -0.141. The SMILES string of the molecule is CCc1ccc(CCC(=O)NC(Cc2ccccc2)C(=O)O)cc1. The molecule has 126 valence electrons. The van der Waals surface area contributed by atoms with Gasteiger partial charge in [-0.05, 0) is 29.5 Å². The van der Waals surface area contributed by atoms with Gasteiger partial charge in [-0.1, -0.05) is 61.5 Å². The number of aryl methyl sites for hydroxylation is 2. The van der Waals surface area contributed by atoms with Gasteiger partial charge in [0.25, 0.3) is 0 Å². The fourth-order valence-electron chi connectivity index (χ4n) is 2.52. The Hall–Kier alpha value is -2.62. The van der Waals surface area contributed by atoms with Crippen molar-refractivity contribution in [3.8, 4) is 0 Å². The van der Waals surface area contributed by atoms with Gasteiger partial charge >= 0.3 is 5.97 Å². The molecule has 0 saturated heterocycles. The molecule has 0 aromatic heterocycles. The molecule has 2 aromatic rings. The fraction of sp³-hybridized carbons (Fsp3) is 0.300. The number of carboxylic acids is 1. The standard InChI is InChI=1S/C20H23NO3/c1-2-15-8-10-16(11-9-15)12-13-19(22)21-18(20(23)24)14-17-6-4-3-5-7-17/h3-11,18H,2,12-14H2,1H3,(H,21,22)(H,23,24). The highest BCUT2D eigenvalue weighted by atomic mass is 16.4. The second-order valence-electron chi connectivity index (χ2n) is 5.82. The van der Waals surface area contributed by atoms with E-state index in [2.05, 4.69) is 24.4 Å². The molecule has 4 heteroatoms. The van der Waals surface area contributed by atoms with Crippen LogP contribution in [0.15, 0.2) is 54.6 Å². The number of rotatable bonds is 8. The van der Waals surface area contributed by atoms with E-state index in [9.17, 15) is 14.7 Å². The molecule has 0 saturated carbocycles. The number of hydrogen-bond acceptors (Lipinski definition) is 2. The predicted octanol–water partition coefficient (Wildman–Crippen LogP) is 2.99. The Kier molecular flexibility index (Phi) is 6.55. The Bertz CT molecular complexity index is 665. The number of aliphatic carboxylic acids is 1. The first-order valence-electron chi connectivity index (χ1n) is 8.22. The monoisotopic (exact) mass is 325 g/mol. The highest BCUT2D eigenvalue weighted by molar-refractivity contribution is 5.83. The summed E-state index contributed by atoms with van der Waals surface area (Å²) < 4.78 is 0. The third-order valence-electron chi connectivity index (χ3n) is 3.99. The van der Waals surface area contributed by atoms with E-state index in [1.54, 1.807) is 0 Å². The molecule has 1 unspecified atom stereocenters. The average Bonchev–Trinajstić information content (AvgIpc) is 2.60. The van der Waals surface area contributed by atoms with E-state index in [-0.39, 0.29) is 18.7 Å². The topological polar surface area (TPSA) is 66.4 Å². The summed E-state index contributed by atoms with van der Waals surface area (Å²) in [5.74, 6) is -1.25. The van der Waals surface area contributed by atoms with Crippen molar-refractivity contribution in [2.45, 2.75) is 38.6 Å². The summed E-state index contributed by atoms with van der Waals surface area (Å²) in [6.45, 7) is 2.10. The highest BCUT2D eigenvalue weighted by Crippen LogP contribution is 2.08. The molecule has 0 radical (unpaired) electrons. The zero-order chi connectivity index (χ0) is 17.4. The van der Waals surface area contributed by atoms with Gasteiger partial charge in [0.15, 0.2) is 0 Å². The molecule has 0 spiro atoms. The summed E-state index contributed by atoms with van der Waals surface area (Å²) in [7, 11) is 0. The maximum atomic E-state index is 12.1. The van der Waals surface area contributed by atoms with Gasteiger partial charge in [-0.15, -0.1) is 0 Å². The van der Waals surface area contributed by atoms with Crippen LogP contribution in [0.5, 0.6) is 0 Å². The van der Waals surface area contributed by atoms with Gasteiger partial charge in [0, 0.05) is 12.8 Å². The first-order chi connectivity index (χ1) is 11.6. The molecular weight excluding hydrogens is 302 g/mol. The third-order valence-corrected chi connectivity index (χ3v) is 3.99. The minimum atomic E-state index is -1.01. The number of nitrogens with one attached hydrogen (secondary N) is 1. The Morgan fingerprint density at radius 3 is 2.17 bits per heavy atom. The fourth-order valence-corrected chi connectivity index (χ4v) is 2.52. The van der Waals surface area contributed by atoms with Gasteiger partial charge < -0.3 is 10.4 Å². The number of benzene rings is 2. The van der Waals surface area contributed by atoms with Crippen molar-refractivity contribution >= 4 is 11.9 Å². The normalized spacial score (nSPS) is 11.7. The van der Waals surface area contributed by atoms with Crippen molar-refractivity contribution in [3.63, 3.8) is 0 Å². The van der Waals surface area contributed by atoms with E-state index < -0.39 is 12.0 Å². The van der Waals surface area contributed by atoms with Crippen molar-refractivity contribution < 1.29 is 14.7 Å². The second kappa shape index (κ2) is 8.87. The number of hydrogen-bond donors (Lipinski definition) is 2. The molecule has 0 heterocycles. The van der Waals surface area contributed by atoms with Gasteiger partial charge in [-0.2, -0.15) is 0 Å². The van der Waals surface area contributed by atoms with Crippen LogP contribution in [-0.4, -0.2) is 23.0 Å². The molecule has 0 bridgehead atoms. The van der Waals surface area contributed by atoms with Crippen LogP contribution in [0, 0.1) is 0 Å². The lowest BCUT2D eigenvalue weighted by Crippen LogP contribution is -2.42. The van der Waals surface area contributed by atoms with Crippen molar-refractivity contribution in [1.29, 1.82) is 0 Å². The molecule has 0 aliphatic heterocycles. The molecule has 2 N–H and O–H groups in total. The van der Waals surface area contributed by atoms with Crippen molar-refractivity contribution in [2.75, 3.05) is 0 Å². The maximum absolute atomic E-state index is 12.1. The van der Waals surface area contributed by atoms with Crippen molar-refractivity contribution in [2.24, 2.45) is 0 Å². The van der Waals surface area contributed by atoms with Crippen molar-refractivity contribution in [3.05, 3.63) is 71.3 Å². The van der Waals surface area contributed by atoms with E-state index in [4.69, 9.17) is 0 Å². The summed E-state index contributed by atoms with van der Waals surface area (Å²) in [6, 6.07) is 16.6. The Balaban J connectivity index is 1.87. The quantitative estimate of drug-likeness (QED) is 0.784. The second-order valence-corrected chi connectivity index (χ2v) is 5.82. The third kappa shape index (κ3) is 5.54. The number of amides is 1. The molecular formula is C20H23NO3. The summed E-state index contributed by atoms with van der Waals surface area (Å²) >= 11 is 0. The summed E-state index contributed by atoms with van der Waals surface area (Å²) in [5.41, 5.74) is 3.23. The van der Waals surface area contributed by atoms with E-state index in [0.29, 0.717) is 6.42 Å². The average molecular weight is 325 g/mol. The lowest BCUT2D eigenvalue weighted by atomic mass is 10.0. The molecule has 24 heavy (non-hydrogen) atoms. The van der Waals surface area contributed by atoms with Crippen molar-refractivity contribution in [1.82, 2.24) is 5.32 Å². The summed E-state index contributed by atoms with van der Waals surface area (Å²) in [6.07, 6.45) is 2.16. The lowest BCUT2D eigenvalue weighted by Gasteiger charge is -2.14. The summed E-state index contributed by atoms with van der Waals surface area (Å²) in [4.78, 5) is 23.4. The Labute approximate surface area is 142 Å². The molecule has 2 aromatic carbocycles. The maximum Gasteiger partial charge on any atom is 0.326 e. The van der Waals surface area contributed by atoms with Gasteiger partial charge in [0.1, 0.15) is 6.04 Å². The number of carboxylic acid groups (broad SMARTS) is 1. The van der Waals surface area contributed by atoms with Gasteiger partial charge in [-0.25, -0.2) is 4.79 Å². The predicted molar refractivity (Wildman–Crippen MR) is 93.9 cm³/mol. The van der Waals surface area contributed by atoms with Crippen LogP contribution in [0.3, 0.4) is 0 Å². The summed E-state index contributed by atoms with van der Waals surface area (Å²) in [5, 5.41) is 11.9. The largest absolute Gasteiger partial charge is 0.480 e. The first kappa shape index (κ1) is 17.7. The van der Waals surface area contributed by atoms with Crippen LogP contribution in [-0.2, 0) is 28.9 Å². The smallest absolute Gasteiger partial charge is 0.326 e. The molecule has 0 aliphatic carbocycles. The minimum Gasteiger partial charge on any atom is -0.480 e. The Morgan fingerprint density at radius 1 is 0.958 bits per heavy atom. The zero-order valence-electron chi connectivity index (χ0n) is 13.9. The van der Waals surface area contributed by atoms with Crippen LogP contribution in [0.2, 0.25) is 0 Å². The molecule has 4 nitrogen and oxygen atoms in total. The molecule has 0 fully saturated rings. The van der Waals surface area contributed by atoms with Crippen LogP contribution in [0.1, 0.15) is 30.0 Å². The molecule has 1 amide bonds. The first-order valence-corrected chi connectivity index (χ1v) is 8.22. The van der Waals surface area contributed by atoms with Crippen LogP contribution >= 0.6 is 0 Å². The minimum absolute atomic E-state index is 0.238. The van der Waals surface area contributed by atoms with Gasteiger partial charge in [0.2, 0.25) is 5.91 Å². The molecule has 2 rings (SSSR count). The Morgan fingerprint density at radius 2 is 1.58 bits per heavy atom. The molecule has 1 atom stereocenters. The zero-order valence-corrected chi connectivity index (χ0v) is 13.9. The highest BCUT2D eigenvalue weighted by Gasteiger charge is 2.20. The van der Waals surface area contributed by atoms with Gasteiger partial charge in [0.05, 0.1) is 0 Å².